The third-order valence-corrected chi connectivity index (χ3v) is 4.42. The Morgan fingerprint density at radius 1 is 1.29 bits per heavy atom. The summed E-state index contributed by atoms with van der Waals surface area (Å²) in [6.07, 6.45) is 1.65. The van der Waals surface area contributed by atoms with E-state index in [1.807, 2.05) is 12.3 Å². The van der Waals surface area contributed by atoms with Gasteiger partial charge in [0, 0.05) is 11.6 Å². The van der Waals surface area contributed by atoms with Crippen molar-refractivity contribution in [2.24, 2.45) is 0 Å². The molecule has 2 rings (SSSR count). The number of sulfonamides is 1. The molecule has 6 heteroatoms. The van der Waals surface area contributed by atoms with Crippen molar-refractivity contribution < 1.29 is 8.42 Å². The summed E-state index contributed by atoms with van der Waals surface area (Å²) < 4.78 is 26.3. The molecule has 1 heterocycles. The van der Waals surface area contributed by atoms with Gasteiger partial charge in [-0.25, -0.2) is 18.1 Å². The molecule has 0 aliphatic carbocycles. The third kappa shape index (κ3) is 3.12. The minimum absolute atomic E-state index is 0.230. The molecule has 1 aromatic carbocycles. The normalized spacial score (nSPS) is 11.6. The van der Waals surface area contributed by atoms with Crippen LogP contribution in [0, 0.1) is 6.92 Å². The van der Waals surface area contributed by atoms with E-state index in [1.54, 1.807) is 30.5 Å². The van der Waals surface area contributed by atoms with E-state index in [-0.39, 0.29) is 11.4 Å². The Morgan fingerprint density at radius 3 is 2.59 bits per heavy atom. The van der Waals surface area contributed by atoms with Crippen LogP contribution in [0.25, 0.3) is 0 Å². The Balaban J connectivity index is 2.11. The Morgan fingerprint density at radius 2 is 2.00 bits per heavy atom. The van der Waals surface area contributed by atoms with Crippen LogP contribution < -0.4 is 4.72 Å². The van der Waals surface area contributed by atoms with Crippen LogP contribution in [0.3, 0.4) is 0 Å². The summed E-state index contributed by atoms with van der Waals surface area (Å²) >= 11 is 1.42. The maximum Gasteiger partial charge on any atom is 0.240 e. The summed E-state index contributed by atoms with van der Waals surface area (Å²) in [6.45, 7) is 2.15. The Hall–Kier alpha value is -1.24. The molecule has 0 radical (unpaired) electrons. The Bertz CT molecular complexity index is 574. The average Bonchev–Trinajstić information content (AvgIpc) is 2.80. The molecule has 0 saturated heterocycles. The molecule has 0 spiro atoms. The highest BCUT2D eigenvalue weighted by Crippen LogP contribution is 2.11. The first-order valence-corrected chi connectivity index (χ1v) is 7.39. The first-order chi connectivity index (χ1) is 8.08. The SMILES string of the molecule is Cc1ccc(S(=O)(=O)NCc2nccs2)cc1. The summed E-state index contributed by atoms with van der Waals surface area (Å²) in [4.78, 5) is 4.30. The molecule has 0 amide bonds. The smallest absolute Gasteiger partial charge is 0.240 e. The highest BCUT2D eigenvalue weighted by Gasteiger charge is 2.13. The van der Waals surface area contributed by atoms with Crippen LogP contribution in [-0.2, 0) is 16.6 Å². The molecule has 0 saturated carbocycles. The van der Waals surface area contributed by atoms with Gasteiger partial charge in [0.05, 0.1) is 11.4 Å². The lowest BCUT2D eigenvalue weighted by atomic mass is 10.2. The zero-order valence-electron chi connectivity index (χ0n) is 9.25. The molecule has 1 aromatic heterocycles. The highest BCUT2D eigenvalue weighted by atomic mass is 32.2. The molecule has 17 heavy (non-hydrogen) atoms. The molecule has 0 aliphatic rings. The number of rotatable bonds is 4. The summed E-state index contributed by atoms with van der Waals surface area (Å²) in [7, 11) is -3.44. The standard InChI is InChI=1S/C11H12N2O2S2/c1-9-2-4-10(5-3-9)17(14,15)13-8-11-12-6-7-16-11/h2-7,13H,8H2,1H3. The van der Waals surface area contributed by atoms with Crippen LogP contribution in [0.5, 0.6) is 0 Å². The first-order valence-electron chi connectivity index (χ1n) is 5.03. The predicted molar refractivity (Wildman–Crippen MR) is 67.3 cm³/mol. The van der Waals surface area contributed by atoms with Crippen molar-refractivity contribution in [1.29, 1.82) is 0 Å². The molecule has 0 fully saturated rings. The van der Waals surface area contributed by atoms with Gasteiger partial charge in [-0.05, 0) is 19.1 Å². The summed E-state index contributed by atoms with van der Waals surface area (Å²) in [5.41, 5.74) is 1.03. The van der Waals surface area contributed by atoms with Crippen molar-refractivity contribution >= 4 is 21.4 Å². The number of aromatic nitrogens is 1. The molecule has 2 aromatic rings. The van der Waals surface area contributed by atoms with Crippen molar-refractivity contribution in [3.63, 3.8) is 0 Å². The fourth-order valence-corrected chi connectivity index (χ4v) is 2.93. The number of aryl methyl sites for hydroxylation is 1. The van der Waals surface area contributed by atoms with Crippen molar-refractivity contribution in [3.05, 3.63) is 46.4 Å². The molecule has 0 atom stereocenters. The zero-order valence-corrected chi connectivity index (χ0v) is 10.9. The van der Waals surface area contributed by atoms with Gasteiger partial charge in [-0.15, -0.1) is 11.3 Å². The van der Waals surface area contributed by atoms with Gasteiger partial charge in [0.15, 0.2) is 0 Å². The number of nitrogens with one attached hydrogen (secondary N) is 1. The van der Waals surface area contributed by atoms with Crippen LogP contribution in [0.15, 0.2) is 40.7 Å². The number of nitrogens with zero attached hydrogens (tertiary/aromatic N) is 1. The van der Waals surface area contributed by atoms with Crippen LogP contribution >= 0.6 is 11.3 Å². The maximum atomic E-state index is 11.9. The molecular weight excluding hydrogens is 256 g/mol. The number of hydrogen-bond donors (Lipinski definition) is 1. The van der Waals surface area contributed by atoms with Gasteiger partial charge in [0.25, 0.3) is 0 Å². The molecule has 0 bridgehead atoms. The third-order valence-electron chi connectivity index (χ3n) is 2.23. The van der Waals surface area contributed by atoms with Crippen LogP contribution in [-0.4, -0.2) is 13.4 Å². The lowest BCUT2D eigenvalue weighted by Gasteiger charge is -2.05. The second kappa shape index (κ2) is 4.95. The maximum absolute atomic E-state index is 11.9. The minimum Gasteiger partial charge on any atom is -0.248 e. The fourth-order valence-electron chi connectivity index (χ4n) is 1.30. The molecule has 1 N–H and O–H groups in total. The molecule has 90 valence electrons. The van der Waals surface area contributed by atoms with E-state index < -0.39 is 10.0 Å². The minimum atomic E-state index is -3.44. The van der Waals surface area contributed by atoms with Crippen molar-refractivity contribution in [2.45, 2.75) is 18.4 Å². The van der Waals surface area contributed by atoms with Crippen molar-refractivity contribution in [2.75, 3.05) is 0 Å². The predicted octanol–water partition coefficient (Wildman–Crippen LogP) is 1.93. The van der Waals surface area contributed by atoms with Gasteiger partial charge in [-0.3, -0.25) is 0 Å². The largest absolute Gasteiger partial charge is 0.248 e. The lowest BCUT2D eigenvalue weighted by Crippen LogP contribution is -2.23. The number of benzene rings is 1. The van der Waals surface area contributed by atoms with Gasteiger partial charge in [-0.1, -0.05) is 17.7 Å². The summed E-state index contributed by atoms with van der Waals surface area (Å²) in [6, 6.07) is 6.74. The number of thiazole rings is 1. The van der Waals surface area contributed by atoms with Gasteiger partial charge in [0.2, 0.25) is 10.0 Å². The van der Waals surface area contributed by atoms with E-state index in [2.05, 4.69) is 9.71 Å². The van der Waals surface area contributed by atoms with E-state index in [4.69, 9.17) is 0 Å². The first kappa shape index (κ1) is 12.2. The zero-order chi connectivity index (χ0) is 12.3. The topological polar surface area (TPSA) is 59.1 Å². The summed E-state index contributed by atoms with van der Waals surface area (Å²) in [5, 5.41) is 2.57. The average molecular weight is 268 g/mol. The van der Waals surface area contributed by atoms with Gasteiger partial charge >= 0.3 is 0 Å². The van der Waals surface area contributed by atoms with E-state index >= 15 is 0 Å². The van der Waals surface area contributed by atoms with Gasteiger partial charge in [0.1, 0.15) is 5.01 Å². The number of hydrogen-bond acceptors (Lipinski definition) is 4. The van der Waals surface area contributed by atoms with Crippen LogP contribution in [0.2, 0.25) is 0 Å². The quantitative estimate of drug-likeness (QED) is 0.921. The van der Waals surface area contributed by atoms with Crippen molar-refractivity contribution in [1.82, 2.24) is 9.71 Å². The van der Waals surface area contributed by atoms with E-state index in [0.29, 0.717) is 0 Å². The second-order valence-electron chi connectivity index (χ2n) is 3.56. The van der Waals surface area contributed by atoms with E-state index in [1.165, 1.54) is 11.3 Å². The Kier molecular flexibility index (Phi) is 3.56. The lowest BCUT2D eigenvalue weighted by molar-refractivity contribution is 0.581. The monoisotopic (exact) mass is 268 g/mol. The summed E-state index contributed by atoms with van der Waals surface area (Å²) in [5.74, 6) is 0. The van der Waals surface area contributed by atoms with E-state index in [9.17, 15) is 8.42 Å². The fraction of sp³-hybridized carbons (Fsp3) is 0.182. The molecular formula is C11H12N2O2S2. The molecule has 0 aliphatic heterocycles. The van der Waals surface area contributed by atoms with E-state index in [0.717, 1.165) is 10.6 Å². The highest BCUT2D eigenvalue weighted by molar-refractivity contribution is 7.89. The molecule has 0 unspecified atom stereocenters. The second-order valence-corrected chi connectivity index (χ2v) is 6.31. The van der Waals surface area contributed by atoms with Crippen LogP contribution in [0.1, 0.15) is 10.6 Å². The molecule has 4 nitrogen and oxygen atoms in total. The Labute approximate surface area is 104 Å². The van der Waals surface area contributed by atoms with Crippen molar-refractivity contribution in [3.8, 4) is 0 Å². The van der Waals surface area contributed by atoms with Crippen LogP contribution in [0.4, 0.5) is 0 Å². The van der Waals surface area contributed by atoms with Gasteiger partial charge < -0.3 is 0 Å². The van der Waals surface area contributed by atoms with Gasteiger partial charge in [-0.2, -0.15) is 0 Å².